The summed E-state index contributed by atoms with van der Waals surface area (Å²) in [6, 6.07) is 13.0. The molecule has 5 heteroatoms. The number of aliphatic hydroxyl groups is 1. The van der Waals surface area contributed by atoms with E-state index in [0.717, 1.165) is 27.9 Å². The van der Waals surface area contributed by atoms with E-state index in [4.69, 9.17) is 4.74 Å². The van der Waals surface area contributed by atoms with Crippen molar-refractivity contribution in [2.75, 3.05) is 7.11 Å². The molecule has 0 amide bonds. The third-order valence-electron chi connectivity index (χ3n) is 3.38. The van der Waals surface area contributed by atoms with Gasteiger partial charge in [0.05, 0.1) is 12.6 Å². The molecule has 3 aromatic rings. The summed E-state index contributed by atoms with van der Waals surface area (Å²) in [6.45, 7) is 0. The molecular formula is C15H15N3O2. The third kappa shape index (κ3) is 2.12. The molecule has 0 aliphatic heterocycles. The largest absolute Gasteiger partial charge is 0.497 e. The monoisotopic (exact) mass is 269 g/mol. The normalized spacial score (nSPS) is 12.6. The first-order valence-corrected chi connectivity index (χ1v) is 6.30. The maximum atomic E-state index is 10.4. The standard InChI is InChI=1S/C15H15N3O2/c1-18-14-8-5-11(9-13(14)16-17-18)15(19)10-3-6-12(20-2)7-4-10/h3-9,15,19H,1-2H3. The lowest BCUT2D eigenvalue weighted by atomic mass is 10.0. The van der Waals surface area contributed by atoms with E-state index in [0.29, 0.717) is 0 Å². The second-order valence-corrected chi connectivity index (χ2v) is 4.64. The Kier molecular flexibility index (Phi) is 3.12. The number of aliphatic hydroxyl groups excluding tert-OH is 1. The Morgan fingerprint density at radius 1 is 1.10 bits per heavy atom. The Bertz CT molecular complexity index is 734. The SMILES string of the molecule is COc1ccc(C(O)c2ccc3c(c2)nnn3C)cc1. The summed E-state index contributed by atoms with van der Waals surface area (Å²) in [6.07, 6.45) is -0.688. The van der Waals surface area contributed by atoms with E-state index in [1.54, 1.807) is 11.8 Å². The van der Waals surface area contributed by atoms with Gasteiger partial charge in [0, 0.05) is 7.05 Å². The molecule has 0 fully saturated rings. The number of methoxy groups -OCH3 is 1. The van der Waals surface area contributed by atoms with Gasteiger partial charge in [-0.05, 0) is 35.4 Å². The van der Waals surface area contributed by atoms with Crippen LogP contribution >= 0.6 is 0 Å². The summed E-state index contributed by atoms with van der Waals surface area (Å²) >= 11 is 0. The zero-order chi connectivity index (χ0) is 14.1. The van der Waals surface area contributed by atoms with Crippen LogP contribution < -0.4 is 4.74 Å². The average Bonchev–Trinajstić information content (AvgIpc) is 2.87. The fourth-order valence-electron chi connectivity index (χ4n) is 2.21. The van der Waals surface area contributed by atoms with Crippen molar-refractivity contribution in [3.63, 3.8) is 0 Å². The zero-order valence-corrected chi connectivity index (χ0v) is 11.3. The van der Waals surface area contributed by atoms with Crippen molar-refractivity contribution in [1.82, 2.24) is 15.0 Å². The van der Waals surface area contributed by atoms with Crippen molar-refractivity contribution in [2.24, 2.45) is 7.05 Å². The number of rotatable bonds is 3. The molecule has 5 nitrogen and oxygen atoms in total. The van der Waals surface area contributed by atoms with E-state index in [2.05, 4.69) is 10.3 Å². The Hall–Kier alpha value is -2.40. The molecule has 0 aliphatic rings. The van der Waals surface area contributed by atoms with Gasteiger partial charge >= 0.3 is 0 Å². The van der Waals surface area contributed by atoms with Crippen LogP contribution in [0.5, 0.6) is 5.75 Å². The number of aryl methyl sites for hydroxylation is 1. The van der Waals surface area contributed by atoms with Crippen LogP contribution in [-0.4, -0.2) is 27.2 Å². The van der Waals surface area contributed by atoms with Crippen molar-refractivity contribution < 1.29 is 9.84 Å². The highest BCUT2D eigenvalue weighted by atomic mass is 16.5. The molecule has 0 aliphatic carbocycles. The molecule has 1 heterocycles. The number of hydrogen-bond donors (Lipinski definition) is 1. The number of ether oxygens (including phenoxy) is 1. The molecule has 102 valence electrons. The predicted molar refractivity (Wildman–Crippen MR) is 75.6 cm³/mol. The lowest BCUT2D eigenvalue weighted by Crippen LogP contribution is -1.99. The lowest BCUT2D eigenvalue weighted by Gasteiger charge is -2.12. The second kappa shape index (κ2) is 4.94. The quantitative estimate of drug-likeness (QED) is 0.790. The first kappa shape index (κ1) is 12.6. The van der Waals surface area contributed by atoms with Crippen LogP contribution in [0.15, 0.2) is 42.5 Å². The van der Waals surface area contributed by atoms with Crippen LogP contribution in [0.1, 0.15) is 17.2 Å². The summed E-state index contributed by atoms with van der Waals surface area (Å²) in [4.78, 5) is 0. The predicted octanol–water partition coefficient (Wildman–Crippen LogP) is 2.06. The van der Waals surface area contributed by atoms with Gasteiger partial charge in [-0.3, -0.25) is 0 Å². The van der Waals surface area contributed by atoms with Crippen molar-refractivity contribution in [1.29, 1.82) is 0 Å². The number of fused-ring (bicyclic) bond motifs is 1. The fraction of sp³-hybridized carbons (Fsp3) is 0.200. The van der Waals surface area contributed by atoms with Gasteiger partial charge in [-0.2, -0.15) is 0 Å². The Morgan fingerprint density at radius 3 is 2.50 bits per heavy atom. The topological polar surface area (TPSA) is 60.2 Å². The number of nitrogens with zero attached hydrogens (tertiary/aromatic N) is 3. The number of hydrogen-bond acceptors (Lipinski definition) is 4. The molecule has 3 rings (SSSR count). The number of benzene rings is 2. The molecule has 0 bridgehead atoms. The molecule has 2 aromatic carbocycles. The Labute approximate surface area is 116 Å². The molecule has 0 radical (unpaired) electrons. The molecule has 1 N–H and O–H groups in total. The highest BCUT2D eigenvalue weighted by Gasteiger charge is 2.12. The van der Waals surface area contributed by atoms with Crippen molar-refractivity contribution in [3.05, 3.63) is 53.6 Å². The molecular weight excluding hydrogens is 254 g/mol. The van der Waals surface area contributed by atoms with E-state index < -0.39 is 6.10 Å². The van der Waals surface area contributed by atoms with Crippen LogP contribution in [0.25, 0.3) is 11.0 Å². The minimum atomic E-state index is -0.688. The van der Waals surface area contributed by atoms with E-state index in [1.165, 1.54) is 0 Å². The van der Waals surface area contributed by atoms with Gasteiger partial charge in [-0.15, -0.1) is 5.10 Å². The molecule has 0 saturated heterocycles. The molecule has 1 unspecified atom stereocenters. The molecule has 0 spiro atoms. The van der Waals surface area contributed by atoms with E-state index in [-0.39, 0.29) is 0 Å². The fourth-order valence-corrected chi connectivity index (χ4v) is 2.21. The third-order valence-corrected chi connectivity index (χ3v) is 3.38. The van der Waals surface area contributed by atoms with Crippen LogP contribution in [0.2, 0.25) is 0 Å². The Balaban J connectivity index is 1.96. The van der Waals surface area contributed by atoms with Gasteiger partial charge in [-0.25, -0.2) is 4.68 Å². The van der Waals surface area contributed by atoms with Crippen molar-refractivity contribution in [2.45, 2.75) is 6.10 Å². The van der Waals surface area contributed by atoms with Gasteiger partial charge in [0.25, 0.3) is 0 Å². The second-order valence-electron chi connectivity index (χ2n) is 4.64. The summed E-state index contributed by atoms with van der Waals surface area (Å²) in [5.41, 5.74) is 3.32. The molecule has 1 atom stereocenters. The summed E-state index contributed by atoms with van der Waals surface area (Å²) in [7, 11) is 3.46. The summed E-state index contributed by atoms with van der Waals surface area (Å²) < 4.78 is 6.82. The summed E-state index contributed by atoms with van der Waals surface area (Å²) in [5.74, 6) is 0.769. The average molecular weight is 269 g/mol. The number of aromatic nitrogens is 3. The van der Waals surface area contributed by atoms with Gasteiger partial charge < -0.3 is 9.84 Å². The highest BCUT2D eigenvalue weighted by molar-refractivity contribution is 5.75. The van der Waals surface area contributed by atoms with Crippen molar-refractivity contribution in [3.8, 4) is 5.75 Å². The smallest absolute Gasteiger partial charge is 0.118 e. The van der Waals surface area contributed by atoms with Crippen LogP contribution in [-0.2, 0) is 7.05 Å². The minimum Gasteiger partial charge on any atom is -0.497 e. The van der Waals surface area contributed by atoms with Crippen LogP contribution in [0.4, 0.5) is 0 Å². The lowest BCUT2D eigenvalue weighted by molar-refractivity contribution is 0.220. The minimum absolute atomic E-state index is 0.688. The van der Waals surface area contributed by atoms with E-state index in [9.17, 15) is 5.11 Å². The molecule has 1 aromatic heterocycles. The van der Waals surface area contributed by atoms with Gasteiger partial charge in [0.1, 0.15) is 17.4 Å². The molecule has 0 saturated carbocycles. The van der Waals surface area contributed by atoms with Gasteiger partial charge in [0.2, 0.25) is 0 Å². The van der Waals surface area contributed by atoms with Crippen molar-refractivity contribution >= 4 is 11.0 Å². The van der Waals surface area contributed by atoms with Gasteiger partial charge in [0.15, 0.2) is 0 Å². The molecule has 20 heavy (non-hydrogen) atoms. The Morgan fingerprint density at radius 2 is 1.80 bits per heavy atom. The first-order valence-electron chi connectivity index (χ1n) is 6.30. The van der Waals surface area contributed by atoms with Crippen LogP contribution in [0.3, 0.4) is 0 Å². The maximum Gasteiger partial charge on any atom is 0.118 e. The van der Waals surface area contributed by atoms with Gasteiger partial charge in [-0.1, -0.05) is 23.4 Å². The maximum absolute atomic E-state index is 10.4. The first-order chi connectivity index (χ1) is 9.69. The van der Waals surface area contributed by atoms with Crippen LogP contribution in [0, 0.1) is 0 Å². The van der Waals surface area contributed by atoms with E-state index in [1.807, 2.05) is 49.5 Å². The zero-order valence-electron chi connectivity index (χ0n) is 11.3. The van der Waals surface area contributed by atoms with E-state index >= 15 is 0 Å². The highest BCUT2D eigenvalue weighted by Crippen LogP contribution is 2.25. The summed E-state index contributed by atoms with van der Waals surface area (Å²) in [5, 5.41) is 18.5.